The van der Waals surface area contributed by atoms with Crippen molar-refractivity contribution < 1.29 is 4.74 Å². The van der Waals surface area contributed by atoms with Crippen molar-refractivity contribution >= 4 is 28.1 Å². The van der Waals surface area contributed by atoms with E-state index in [4.69, 9.17) is 4.74 Å². The van der Waals surface area contributed by atoms with Gasteiger partial charge >= 0.3 is 6.01 Å². The highest BCUT2D eigenvalue weighted by Gasteiger charge is 2.12. The van der Waals surface area contributed by atoms with E-state index in [9.17, 15) is 4.79 Å². The maximum Gasteiger partial charge on any atom is 0.337 e. The van der Waals surface area contributed by atoms with Gasteiger partial charge in [0.15, 0.2) is 0 Å². The van der Waals surface area contributed by atoms with Crippen LogP contribution in [-0.4, -0.2) is 34.8 Å². The van der Waals surface area contributed by atoms with Crippen molar-refractivity contribution in [1.82, 2.24) is 14.6 Å². The van der Waals surface area contributed by atoms with Crippen LogP contribution >= 0.6 is 11.3 Å². The number of fused-ring (bicyclic) bond motifs is 1. The molecule has 0 aliphatic carbocycles. The average molecular weight is 330 g/mol. The summed E-state index contributed by atoms with van der Waals surface area (Å²) in [6.07, 6.45) is 1.83. The van der Waals surface area contributed by atoms with Crippen LogP contribution < -0.4 is 19.7 Å². The van der Waals surface area contributed by atoms with E-state index in [0.717, 1.165) is 11.3 Å². The zero-order valence-corrected chi connectivity index (χ0v) is 14.3. The van der Waals surface area contributed by atoms with E-state index in [1.54, 1.807) is 0 Å². The normalized spacial score (nSPS) is 12.3. The van der Waals surface area contributed by atoms with Crippen LogP contribution in [0, 0.1) is 0 Å². The van der Waals surface area contributed by atoms with E-state index in [2.05, 4.69) is 10.1 Å². The van der Waals surface area contributed by atoms with Gasteiger partial charge in [-0.1, -0.05) is 23.5 Å². The summed E-state index contributed by atoms with van der Waals surface area (Å²) in [6.45, 7) is 3.79. The molecule has 0 N–H and O–H groups in total. The van der Waals surface area contributed by atoms with Gasteiger partial charge in [-0.25, -0.2) is 0 Å². The molecule has 1 aromatic carbocycles. The third-order valence-electron chi connectivity index (χ3n) is 3.21. The van der Waals surface area contributed by atoms with E-state index in [1.165, 1.54) is 15.9 Å². The summed E-state index contributed by atoms with van der Waals surface area (Å²) in [5.74, 6) is 0. The van der Waals surface area contributed by atoms with Crippen LogP contribution in [0.25, 0.3) is 11.0 Å². The van der Waals surface area contributed by atoms with Crippen LogP contribution in [-0.2, 0) is 0 Å². The smallest absolute Gasteiger partial charge is 0.337 e. The minimum Gasteiger partial charge on any atom is -0.460 e. The van der Waals surface area contributed by atoms with Crippen LogP contribution in [0.1, 0.15) is 19.4 Å². The molecule has 120 valence electrons. The molecule has 0 atom stereocenters. The van der Waals surface area contributed by atoms with Crippen molar-refractivity contribution in [2.45, 2.75) is 20.0 Å². The first-order valence-electron chi connectivity index (χ1n) is 7.29. The van der Waals surface area contributed by atoms with E-state index in [0.29, 0.717) is 9.49 Å². The van der Waals surface area contributed by atoms with Crippen molar-refractivity contribution in [1.29, 1.82) is 0 Å². The first-order chi connectivity index (χ1) is 10.9. The van der Waals surface area contributed by atoms with Crippen LogP contribution in [0.2, 0.25) is 0 Å². The number of aromatic nitrogens is 3. The van der Waals surface area contributed by atoms with Gasteiger partial charge in [0.25, 0.3) is 5.56 Å². The Morgan fingerprint density at radius 1 is 1.26 bits per heavy atom. The van der Waals surface area contributed by atoms with Gasteiger partial charge in [-0.05, 0) is 37.6 Å². The number of hydrogen-bond acceptors (Lipinski definition) is 6. The van der Waals surface area contributed by atoms with Crippen LogP contribution in [0.15, 0.2) is 29.1 Å². The van der Waals surface area contributed by atoms with Gasteiger partial charge in [-0.2, -0.15) is 9.50 Å². The van der Waals surface area contributed by atoms with Crippen molar-refractivity contribution in [2.24, 2.45) is 0 Å². The average Bonchev–Trinajstić information content (AvgIpc) is 2.99. The minimum atomic E-state index is -0.173. The fourth-order valence-electron chi connectivity index (χ4n) is 2.10. The van der Waals surface area contributed by atoms with Gasteiger partial charge in [-0.15, -0.1) is 5.10 Å². The Hall–Kier alpha value is -2.41. The van der Waals surface area contributed by atoms with E-state index < -0.39 is 0 Å². The lowest BCUT2D eigenvalue weighted by Crippen LogP contribution is -2.23. The molecule has 0 saturated heterocycles. The Kier molecular flexibility index (Phi) is 4.04. The number of hydrogen-bond donors (Lipinski definition) is 0. The molecule has 0 radical (unpaired) electrons. The molecule has 0 saturated carbocycles. The molecule has 0 aliphatic heterocycles. The molecule has 0 amide bonds. The standard InChI is InChI=1S/C16H18N4O2S/c1-10(2)22-15-17-16-20(18-15)14(21)13(23-16)9-11-5-7-12(8-6-11)19(3)4/h5-10H,1-4H3/b13-9+. The summed E-state index contributed by atoms with van der Waals surface area (Å²) in [5.41, 5.74) is 1.91. The third-order valence-corrected chi connectivity index (χ3v) is 4.17. The summed E-state index contributed by atoms with van der Waals surface area (Å²) in [4.78, 5) is 19.2. The first-order valence-corrected chi connectivity index (χ1v) is 8.11. The fraction of sp³-hybridized carbons (Fsp3) is 0.312. The number of rotatable bonds is 4. The molecule has 7 heteroatoms. The first kappa shape index (κ1) is 15.5. The number of anilines is 1. The highest BCUT2D eigenvalue weighted by Crippen LogP contribution is 2.13. The van der Waals surface area contributed by atoms with Crippen molar-refractivity contribution in [3.8, 4) is 6.01 Å². The van der Waals surface area contributed by atoms with Crippen molar-refractivity contribution in [2.75, 3.05) is 19.0 Å². The molecule has 6 nitrogen and oxygen atoms in total. The molecule has 2 aromatic heterocycles. The molecule has 3 rings (SSSR count). The molecule has 0 spiro atoms. The van der Waals surface area contributed by atoms with Crippen LogP contribution in [0.5, 0.6) is 6.01 Å². The molecular formula is C16H18N4O2S. The second-order valence-electron chi connectivity index (χ2n) is 5.66. The highest BCUT2D eigenvalue weighted by molar-refractivity contribution is 7.15. The fourth-order valence-corrected chi connectivity index (χ4v) is 3.00. The van der Waals surface area contributed by atoms with Gasteiger partial charge in [0.05, 0.1) is 10.6 Å². The second kappa shape index (κ2) is 6.00. The highest BCUT2D eigenvalue weighted by atomic mass is 32.1. The van der Waals surface area contributed by atoms with Crippen LogP contribution in [0.3, 0.4) is 0 Å². The lowest BCUT2D eigenvalue weighted by atomic mass is 10.2. The Morgan fingerprint density at radius 2 is 1.96 bits per heavy atom. The maximum absolute atomic E-state index is 12.4. The quantitative estimate of drug-likeness (QED) is 0.726. The zero-order chi connectivity index (χ0) is 16.6. The predicted octanol–water partition coefficient (Wildman–Crippen LogP) is 1.55. The van der Waals surface area contributed by atoms with Crippen molar-refractivity contribution in [3.05, 3.63) is 44.7 Å². The Bertz CT molecular complexity index is 926. The molecule has 0 fully saturated rings. The van der Waals surface area contributed by atoms with Crippen LogP contribution in [0.4, 0.5) is 5.69 Å². The van der Waals surface area contributed by atoms with Gasteiger partial charge in [0.1, 0.15) is 0 Å². The molecule has 0 bridgehead atoms. The van der Waals surface area contributed by atoms with Gasteiger partial charge in [0, 0.05) is 19.8 Å². The molecule has 3 aromatic rings. The Morgan fingerprint density at radius 3 is 2.52 bits per heavy atom. The zero-order valence-electron chi connectivity index (χ0n) is 13.5. The monoisotopic (exact) mass is 330 g/mol. The molecular weight excluding hydrogens is 312 g/mol. The van der Waals surface area contributed by atoms with E-state index in [-0.39, 0.29) is 17.7 Å². The summed E-state index contributed by atoms with van der Waals surface area (Å²) >= 11 is 1.31. The molecule has 0 unspecified atom stereocenters. The molecule has 0 aliphatic rings. The topological polar surface area (TPSA) is 59.7 Å². The van der Waals surface area contributed by atoms with E-state index >= 15 is 0 Å². The lowest BCUT2D eigenvalue weighted by molar-refractivity contribution is 0.222. The Labute approximate surface area is 137 Å². The lowest BCUT2D eigenvalue weighted by Gasteiger charge is -2.11. The van der Waals surface area contributed by atoms with Gasteiger partial charge in [-0.3, -0.25) is 4.79 Å². The van der Waals surface area contributed by atoms with Gasteiger partial charge < -0.3 is 9.64 Å². The third kappa shape index (κ3) is 3.19. The summed E-state index contributed by atoms with van der Waals surface area (Å²) in [6, 6.07) is 8.24. The number of ether oxygens (including phenoxy) is 1. The summed E-state index contributed by atoms with van der Waals surface area (Å²) in [5, 5.41) is 4.11. The maximum atomic E-state index is 12.4. The second-order valence-corrected chi connectivity index (χ2v) is 6.67. The molecule has 2 heterocycles. The van der Waals surface area contributed by atoms with Crippen molar-refractivity contribution in [3.63, 3.8) is 0 Å². The number of benzene rings is 1. The molecule has 23 heavy (non-hydrogen) atoms. The number of thiazole rings is 1. The van der Waals surface area contributed by atoms with E-state index in [1.807, 2.05) is 63.2 Å². The summed E-state index contributed by atoms with van der Waals surface area (Å²) in [7, 11) is 3.98. The number of nitrogens with zero attached hydrogens (tertiary/aromatic N) is 4. The largest absolute Gasteiger partial charge is 0.460 e. The van der Waals surface area contributed by atoms with Gasteiger partial charge in [0.2, 0.25) is 4.96 Å². The SMILES string of the molecule is CC(C)Oc1nc2s/c(=C/c3ccc(N(C)C)cc3)c(=O)n2n1. The predicted molar refractivity (Wildman–Crippen MR) is 92.5 cm³/mol. The minimum absolute atomic E-state index is 0.0246. The summed E-state index contributed by atoms with van der Waals surface area (Å²) < 4.78 is 7.32. The Balaban J connectivity index is 1.97.